The zero-order valence-corrected chi connectivity index (χ0v) is 7.05. The van der Waals surface area contributed by atoms with Crippen molar-refractivity contribution in [3.05, 3.63) is 30.1 Å². The Kier molecular flexibility index (Phi) is 1.70. The Morgan fingerprint density at radius 1 is 1.38 bits per heavy atom. The third-order valence-electron chi connectivity index (χ3n) is 2.21. The number of nitrogens with zero attached hydrogens (tertiary/aromatic N) is 1. The standard InChI is InChI=1S/C10H9FN2/c11-8-3-1-2-4-9(8)13-10(7-12)5-6-10/h1-4,13H,5-6H2. The van der Waals surface area contributed by atoms with Gasteiger partial charge in [0.15, 0.2) is 0 Å². The minimum absolute atomic E-state index is 0.302. The fourth-order valence-corrected chi connectivity index (χ4v) is 1.21. The fourth-order valence-electron chi connectivity index (χ4n) is 1.21. The highest BCUT2D eigenvalue weighted by molar-refractivity contribution is 5.51. The molecule has 0 amide bonds. The molecule has 1 aromatic carbocycles. The molecule has 0 heterocycles. The van der Waals surface area contributed by atoms with Crippen LogP contribution in [-0.2, 0) is 0 Å². The third-order valence-corrected chi connectivity index (χ3v) is 2.21. The zero-order valence-electron chi connectivity index (χ0n) is 7.05. The summed E-state index contributed by atoms with van der Waals surface area (Å²) in [7, 11) is 0. The molecule has 0 spiro atoms. The SMILES string of the molecule is N#CC1(Nc2ccccc2F)CC1. The molecule has 1 aromatic rings. The average molecular weight is 176 g/mol. The summed E-state index contributed by atoms with van der Waals surface area (Å²) in [4.78, 5) is 0. The molecule has 0 bridgehead atoms. The number of hydrogen-bond acceptors (Lipinski definition) is 2. The van der Waals surface area contributed by atoms with Gasteiger partial charge in [0.25, 0.3) is 0 Å². The van der Waals surface area contributed by atoms with E-state index in [0.717, 1.165) is 12.8 Å². The number of halogens is 1. The summed E-state index contributed by atoms with van der Waals surface area (Å²) in [6, 6.07) is 8.56. The average Bonchev–Trinajstić information content (AvgIpc) is 2.90. The molecular formula is C10H9FN2. The number of para-hydroxylation sites is 1. The van der Waals surface area contributed by atoms with Crippen LogP contribution >= 0.6 is 0 Å². The van der Waals surface area contributed by atoms with Gasteiger partial charge in [-0.05, 0) is 25.0 Å². The Labute approximate surface area is 76.0 Å². The Balaban J connectivity index is 2.20. The molecule has 2 rings (SSSR count). The van der Waals surface area contributed by atoms with Crippen LogP contribution < -0.4 is 5.32 Å². The molecule has 1 aliphatic rings. The van der Waals surface area contributed by atoms with Gasteiger partial charge in [-0.1, -0.05) is 12.1 Å². The zero-order chi connectivity index (χ0) is 9.31. The van der Waals surface area contributed by atoms with E-state index in [-0.39, 0.29) is 5.82 Å². The summed E-state index contributed by atoms with van der Waals surface area (Å²) in [5, 5.41) is 11.7. The molecular weight excluding hydrogens is 167 g/mol. The van der Waals surface area contributed by atoms with Crippen LogP contribution in [0.1, 0.15) is 12.8 Å². The lowest BCUT2D eigenvalue weighted by atomic mass is 10.2. The smallest absolute Gasteiger partial charge is 0.146 e. The second-order valence-corrected chi connectivity index (χ2v) is 3.30. The van der Waals surface area contributed by atoms with Gasteiger partial charge in [-0.2, -0.15) is 5.26 Å². The maximum atomic E-state index is 13.1. The maximum Gasteiger partial charge on any atom is 0.146 e. The molecule has 66 valence electrons. The van der Waals surface area contributed by atoms with E-state index in [1.807, 2.05) is 0 Å². The molecule has 1 N–H and O–H groups in total. The molecule has 0 radical (unpaired) electrons. The molecule has 0 aliphatic heterocycles. The predicted octanol–water partition coefficient (Wildman–Crippen LogP) is 2.29. The molecule has 0 atom stereocenters. The van der Waals surface area contributed by atoms with Crippen LogP contribution in [0.25, 0.3) is 0 Å². The van der Waals surface area contributed by atoms with E-state index in [0.29, 0.717) is 5.69 Å². The van der Waals surface area contributed by atoms with Crippen LogP contribution in [-0.4, -0.2) is 5.54 Å². The first-order chi connectivity index (χ1) is 6.26. The van der Waals surface area contributed by atoms with Crippen LogP contribution in [0.15, 0.2) is 24.3 Å². The van der Waals surface area contributed by atoms with Gasteiger partial charge in [0.2, 0.25) is 0 Å². The number of anilines is 1. The van der Waals surface area contributed by atoms with Crippen molar-refractivity contribution in [2.45, 2.75) is 18.4 Å². The van der Waals surface area contributed by atoms with Gasteiger partial charge in [-0.25, -0.2) is 4.39 Å². The highest BCUT2D eigenvalue weighted by Gasteiger charge is 2.43. The summed E-state index contributed by atoms with van der Waals surface area (Å²) < 4.78 is 13.1. The summed E-state index contributed by atoms with van der Waals surface area (Å²) in [6.45, 7) is 0. The molecule has 0 saturated heterocycles. The minimum Gasteiger partial charge on any atom is -0.365 e. The number of benzene rings is 1. The van der Waals surface area contributed by atoms with Crippen LogP contribution in [0.4, 0.5) is 10.1 Å². The summed E-state index contributed by atoms with van der Waals surface area (Å²) in [6.07, 6.45) is 1.61. The Hall–Kier alpha value is -1.56. The maximum absolute atomic E-state index is 13.1. The van der Waals surface area contributed by atoms with E-state index >= 15 is 0 Å². The lowest BCUT2D eigenvalue weighted by molar-refractivity contribution is 0.628. The monoisotopic (exact) mass is 176 g/mol. The summed E-state index contributed by atoms with van der Waals surface area (Å²) >= 11 is 0. The molecule has 0 aromatic heterocycles. The largest absolute Gasteiger partial charge is 0.365 e. The van der Waals surface area contributed by atoms with Crippen LogP contribution in [0.5, 0.6) is 0 Å². The molecule has 3 heteroatoms. The van der Waals surface area contributed by atoms with Crippen molar-refractivity contribution in [3.63, 3.8) is 0 Å². The van der Waals surface area contributed by atoms with Gasteiger partial charge in [-0.15, -0.1) is 0 Å². The molecule has 13 heavy (non-hydrogen) atoms. The van der Waals surface area contributed by atoms with Crippen LogP contribution in [0, 0.1) is 17.1 Å². The van der Waals surface area contributed by atoms with Crippen molar-refractivity contribution in [2.24, 2.45) is 0 Å². The second-order valence-electron chi connectivity index (χ2n) is 3.30. The molecule has 1 saturated carbocycles. The normalized spacial score (nSPS) is 17.5. The van der Waals surface area contributed by atoms with E-state index in [1.54, 1.807) is 18.2 Å². The predicted molar refractivity (Wildman–Crippen MR) is 47.6 cm³/mol. The van der Waals surface area contributed by atoms with Gasteiger partial charge < -0.3 is 5.32 Å². The minimum atomic E-state index is -0.498. The number of rotatable bonds is 2. The molecule has 1 fully saturated rings. The quantitative estimate of drug-likeness (QED) is 0.750. The molecule has 2 nitrogen and oxygen atoms in total. The van der Waals surface area contributed by atoms with Gasteiger partial charge in [0, 0.05) is 0 Å². The highest BCUT2D eigenvalue weighted by atomic mass is 19.1. The highest BCUT2D eigenvalue weighted by Crippen LogP contribution is 2.38. The summed E-state index contributed by atoms with van der Waals surface area (Å²) in [5.74, 6) is -0.302. The molecule has 0 unspecified atom stereocenters. The van der Waals surface area contributed by atoms with Crippen molar-refractivity contribution in [2.75, 3.05) is 5.32 Å². The van der Waals surface area contributed by atoms with Crippen molar-refractivity contribution < 1.29 is 4.39 Å². The van der Waals surface area contributed by atoms with Crippen molar-refractivity contribution in [1.29, 1.82) is 5.26 Å². The third kappa shape index (κ3) is 1.48. The topological polar surface area (TPSA) is 35.8 Å². The fraction of sp³-hybridized carbons (Fsp3) is 0.300. The van der Waals surface area contributed by atoms with Crippen molar-refractivity contribution in [1.82, 2.24) is 0 Å². The van der Waals surface area contributed by atoms with Gasteiger partial charge in [0.1, 0.15) is 11.4 Å². The first kappa shape index (κ1) is 8.06. The lowest BCUT2D eigenvalue weighted by Crippen LogP contribution is -2.18. The van der Waals surface area contributed by atoms with Gasteiger partial charge >= 0.3 is 0 Å². The van der Waals surface area contributed by atoms with Crippen LogP contribution in [0.2, 0.25) is 0 Å². The number of hydrogen-bond donors (Lipinski definition) is 1. The Morgan fingerprint density at radius 3 is 2.62 bits per heavy atom. The van der Waals surface area contributed by atoms with Gasteiger partial charge in [-0.3, -0.25) is 0 Å². The van der Waals surface area contributed by atoms with Crippen LogP contribution in [0.3, 0.4) is 0 Å². The van der Waals surface area contributed by atoms with E-state index in [9.17, 15) is 4.39 Å². The van der Waals surface area contributed by atoms with E-state index < -0.39 is 5.54 Å². The first-order valence-corrected chi connectivity index (χ1v) is 4.20. The summed E-state index contributed by atoms with van der Waals surface area (Å²) in [5.41, 5.74) is -0.0797. The van der Waals surface area contributed by atoms with Crippen molar-refractivity contribution >= 4 is 5.69 Å². The van der Waals surface area contributed by atoms with E-state index in [2.05, 4.69) is 11.4 Å². The van der Waals surface area contributed by atoms with Crippen molar-refractivity contribution in [3.8, 4) is 6.07 Å². The first-order valence-electron chi connectivity index (χ1n) is 4.20. The number of nitriles is 1. The Bertz CT molecular complexity index is 363. The lowest BCUT2D eigenvalue weighted by Gasteiger charge is -2.10. The van der Waals surface area contributed by atoms with E-state index in [1.165, 1.54) is 6.07 Å². The Morgan fingerprint density at radius 2 is 2.08 bits per heavy atom. The second kappa shape index (κ2) is 2.74. The number of nitrogens with one attached hydrogen (secondary N) is 1. The van der Waals surface area contributed by atoms with E-state index in [4.69, 9.17) is 5.26 Å². The van der Waals surface area contributed by atoms with Gasteiger partial charge in [0.05, 0.1) is 11.8 Å². The molecule has 1 aliphatic carbocycles.